The summed E-state index contributed by atoms with van der Waals surface area (Å²) in [6, 6.07) is 15.0. The van der Waals surface area contributed by atoms with Gasteiger partial charge < -0.3 is 25.2 Å². The first-order valence-electron chi connectivity index (χ1n) is 11.4. The summed E-state index contributed by atoms with van der Waals surface area (Å²) in [4.78, 5) is 37.3. The van der Waals surface area contributed by atoms with Crippen LogP contribution in [0.4, 0.5) is 5.69 Å². The Balaban J connectivity index is 1.48. The van der Waals surface area contributed by atoms with Gasteiger partial charge in [-0.15, -0.1) is 0 Å². The molecular formula is C25H26N4O7. The molecule has 0 aromatic heterocycles. The maximum absolute atomic E-state index is 12.4. The SMILES string of the molecule is O=C1COc2cc3ccccc3cc2OCC(=O)NCCN(Cc2cc([N+](=O)[O-])ccc2O)CCN1. The molecule has 11 heteroatoms. The van der Waals surface area contributed by atoms with Crippen molar-refractivity contribution in [3.63, 3.8) is 0 Å². The number of non-ortho nitro benzene ring substituents is 1. The normalized spacial score (nSPS) is 15.9. The Hall–Kier alpha value is -4.38. The standard InChI is InChI=1S/C25H26N4O7/c30-21-6-5-20(29(33)34)11-19(21)14-28-9-7-26-24(31)15-35-22-12-17-3-1-2-4-18(17)13-23(22)36-16-25(32)27-8-10-28/h1-6,11-13,30H,7-10,14-16H2,(H,26,31)(H,27,32). The van der Waals surface area contributed by atoms with Crippen molar-refractivity contribution >= 4 is 28.3 Å². The van der Waals surface area contributed by atoms with E-state index < -0.39 is 4.92 Å². The van der Waals surface area contributed by atoms with Crippen molar-refractivity contribution in [2.24, 2.45) is 0 Å². The third-order valence-electron chi connectivity index (χ3n) is 5.70. The highest BCUT2D eigenvalue weighted by molar-refractivity contribution is 5.86. The van der Waals surface area contributed by atoms with Gasteiger partial charge in [-0.3, -0.25) is 24.6 Å². The molecule has 0 radical (unpaired) electrons. The summed E-state index contributed by atoms with van der Waals surface area (Å²) in [5.74, 6) is -0.0345. The molecule has 1 heterocycles. The van der Waals surface area contributed by atoms with Crippen molar-refractivity contribution in [3.8, 4) is 17.2 Å². The number of hydrogen-bond acceptors (Lipinski definition) is 8. The Bertz CT molecular complexity index is 1220. The van der Waals surface area contributed by atoms with Crippen LogP contribution in [0.1, 0.15) is 5.56 Å². The molecule has 0 unspecified atom stereocenters. The van der Waals surface area contributed by atoms with Gasteiger partial charge in [0, 0.05) is 50.4 Å². The van der Waals surface area contributed by atoms with Crippen molar-refractivity contribution in [2.45, 2.75) is 6.54 Å². The van der Waals surface area contributed by atoms with Crippen LogP contribution in [0.25, 0.3) is 10.8 Å². The predicted molar refractivity (Wildman–Crippen MR) is 131 cm³/mol. The third-order valence-corrected chi connectivity index (χ3v) is 5.70. The van der Waals surface area contributed by atoms with E-state index in [4.69, 9.17) is 9.47 Å². The zero-order valence-corrected chi connectivity index (χ0v) is 19.4. The number of carbonyl (C=O) groups excluding carboxylic acids is 2. The van der Waals surface area contributed by atoms with Gasteiger partial charge in [-0.2, -0.15) is 0 Å². The number of nitro benzene ring substituents is 1. The van der Waals surface area contributed by atoms with Crippen LogP contribution in [0, 0.1) is 10.1 Å². The summed E-state index contributed by atoms with van der Waals surface area (Å²) in [6.45, 7) is 0.992. The number of nitrogens with one attached hydrogen (secondary N) is 2. The number of aromatic hydroxyl groups is 1. The van der Waals surface area contributed by atoms with Crippen LogP contribution in [-0.4, -0.2) is 66.1 Å². The summed E-state index contributed by atoms with van der Waals surface area (Å²) < 4.78 is 11.4. The molecule has 0 saturated heterocycles. The van der Waals surface area contributed by atoms with Crippen LogP contribution >= 0.6 is 0 Å². The van der Waals surface area contributed by atoms with E-state index in [-0.39, 0.29) is 56.1 Å². The van der Waals surface area contributed by atoms with Crippen LogP contribution in [0.15, 0.2) is 54.6 Å². The Morgan fingerprint density at radius 2 is 1.44 bits per heavy atom. The highest BCUT2D eigenvalue weighted by Gasteiger charge is 2.16. The lowest BCUT2D eigenvalue weighted by molar-refractivity contribution is -0.385. The molecule has 36 heavy (non-hydrogen) atoms. The Morgan fingerprint density at radius 3 is 1.97 bits per heavy atom. The number of phenols is 1. The van der Waals surface area contributed by atoms with Crippen molar-refractivity contribution < 1.29 is 29.1 Å². The fraction of sp³-hybridized carbons (Fsp3) is 0.280. The quantitative estimate of drug-likeness (QED) is 0.370. The lowest BCUT2D eigenvalue weighted by Crippen LogP contribution is -2.40. The number of benzene rings is 3. The summed E-state index contributed by atoms with van der Waals surface area (Å²) in [5, 5.41) is 28.7. The van der Waals surface area contributed by atoms with Gasteiger partial charge >= 0.3 is 0 Å². The van der Waals surface area contributed by atoms with Gasteiger partial charge in [0.2, 0.25) is 0 Å². The summed E-state index contributed by atoms with van der Waals surface area (Å²) in [6.07, 6.45) is 0. The lowest BCUT2D eigenvalue weighted by atomic mass is 10.1. The minimum absolute atomic E-state index is 0.0727. The molecule has 0 atom stereocenters. The van der Waals surface area contributed by atoms with Crippen molar-refractivity contribution in [2.75, 3.05) is 39.4 Å². The Morgan fingerprint density at radius 1 is 0.889 bits per heavy atom. The van der Waals surface area contributed by atoms with E-state index in [1.54, 1.807) is 12.1 Å². The molecule has 0 spiro atoms. The van der Waals surface area contributed by atoms with Gasteiger partial charge in [-0.25, -0.2) is 0 Å². The molecule has 0 aliphatic carbocycles. The Kier molecular flexibility index (Phi) is 7.81. The molecule has 2 amide bonds. The minimum Gasteiger partial charge on any atom is -0.508 e. The summed E-state index contributed by atoms with van der Waals surface area (Å²) in [7, 11) is 0. The maximum Gasteiger partial charge on any atom is 0.270 e. The topological polar surface area (TPSA) is 143 Å². The van der Waals surface area contributed by atoms with E-state index >= 15 is 0 Å². The van der Waals surface area contributed by atoms with Crippen LogP contribution in [0.2, 0.25) is 0 Å². The zero-order chi connectivity index (χ0) is 25.5. The van der Waals surface area contributed by atoms with Crippen LogP contribution in [0.3, 0.4) is 0 Å². The summed E-state index contributed by atoms with van der Waals surface area (Å²) >= 11 is 0. The number of nitro groups is 1. The van der Waals surface area contributed by atoms with E-state index in [2.05, 4.69) is 10.6 Å². The average molecular weight is 495 g/mol. The van der Waals surface area contributed by atoms with Crippen LogP contribution in [0.5, 0.6) is 17.2 Å². The van der Waals surface area contributed by atoms with E-state index in [1.807, 2.05) is 29.2 Å². The molecular weight excluding hydrogens is 468 g/mol. The second-order valence-corrected chi connectivity index (χ2v) is 8.27. The van der Waals surface area contributed by atoms with Crippen molar-refractivity contribution in [1.29, 1.82) is 0 Å². The zero-order valence-electron chi connectivity index (χ0n) is 19.4. The van der Waals surface area contributed by atoms with E-state index in [0.717, 1.165) is 10.8 Å². The van der Waals surface area contributed by atoms with Crippen LogP contribution in [-0.2, 0) is 16.1 Å². The maximum atomic E-state index is 12.4. The van der Waals surface area contributed by atoms with Gasteiger partial charge in [-0.1, -0.05) is 24.3 Å². The largest absolute Gasteiger partial charge is 0.508 e. The number of ether oxygens (including phenoxy) is 2. The first kappa shape index (κ1) is 24.7. The number of nitrogens with zero attached hydrogens (tertiary/aromatic N) is 2. The van der Waals surface area contributed by atoms with Gasteiger partial charge in [0.25, 0.3) is 17.5 Å². The van der Waals surface area contributed by atoms with Gasteiger partial charge in [0.05, 0.1) is 4.92 Å². The molecule has 11 nitrogen and oxygen atoms in total. The third kappa shape index (κ3) is 6.39. The van der Waals surface area contributed by atoms with Crippen molar-refractivity contribution in [1.82, 2.24) is 15.5 Å². The fourth-order valence-electron chi connectivity index (χ4n) is 3.84. The fourth-order valence-corrected chi connectivity index (χ4v) is 3.84. The molecule has 188 valence electrons. The molecule has 4 rings (SSSR count). The highest BCUT2D eigenvalue weighted by Crippen LogP contribution is 2.32. The van der Waals surface area contributed by atoms with Gasteiger partial charge in [0.15, 0.2) is 24.7 Å². The molecule has 3 N–H and O–H groups in total. The molecule has 1 aliphatic rings. The average Bonchev–Trinajstić information content (AvgIpc) is 2.86. The molecule has 0 fully saturated rings. The summed E-state index contributed by atoms with van der Waals surface area (Å²) in [5.41, 5.74) is 0.234. The lowest BCUT2D eigenvalue weighted by Gasteiger charge is -2.23. The van der Waals surface area contributed by atoms with E-state index in [1.165, 1.54) is 18.2 Å². The smallest absolute Gasteiger partial charge is 0.270 e. The Labute approximate surface area is 206 Å². The first-order chi connectivity index (χ1) is 17.4. The monoisotopic (exact) mass is 494 g/mol. The molecule has 1 aliphatic heterocycles. The van der Waals surface area contributed by atoms with E-state index in [0.29, 0.717) is 30.2 Å². The molecule has 3 aromatic carbocycles. The molecule has 3 aromatic rings. The number of rotatable bonds is 3. The van der Waals surface area contributed by atoms with Gasteiger partial charge in [0.1, 0.15) is 5.75 Å². The van der Waals surface area contributed by atoms with Crippen molar-refractivity contribution in [3.05, 3.63) is 70.3 Å². The number of hydrogen-bond donors (Lipinski definition) is 3. The second kappa shape index (κ2) is 11.4. The predicted octanol–water partition coefficient (Wildman–Crippen LogP) is 1.96. The molecule has 0 bridgehead atoms. The van der Waals surface area contributed by atoms with Gasteiger partial charge in [-0.05, 0) is 29.0 Å². The highest BCUT2D eigenvalue weighted by atomic mass is 16.6. The second-order valence-electron chi connectivity index (χ2n) is 8.27. The van der Waals surface area contributed by atoms with Crippen LogP contribution < -0.4 is 20.1 Å². The molecule has 0 saturated carbocycles. The number of carbonyl (C=O) groups is 2. The number of phenolic OH excluding ortho intramolecular Hbond substituents is 1. The number of amides is 2. The first-order valence-corrected chi connectivity index (χ1v) is 11.4. The number of fused-ring (bicyclic) bond motifs is 2. The van der Waals surface area contributed by atoms with E-state index in [9.17, 15) is 24.8 Å². The minimum atomic E-state index is -0.532.